The summed E-state index contributed by atoms with van der Waals surface area (Å²) in [4.78, 5) is 11.6. The number of carbonyl (C=O) groups excluding carboxylic acids is 1. The lowest BCUT2D eigenvalue weighted by Crippen LogP contribution is -2.21. The minimum Gasteiger partial charge on any atom is -0.489 e. The average molecular weight is 339 g/mol. The van der Waals surface area contributed by atoms with Crippen LogP contribution < -0.4 is 15.4 Å². The highest BCUT2D eigenvalue weighted by atomic mass is 79.9. The van der Waals surface area contributed by atoms with Crippen molar-refractivity contribution in [2.24, 2.45) is 0 Å². The quantitative estimate of drug-likeness (QED) is 0.502. The number of benzene rings is 1. The summed E-state index contributed by atoms with van der Waals surface area (Å²) >= 11 is 8.27. The van der Waals surface area contributed by atoms with Gasteiger partial charge in [0.15, 0.2) is 5.11 Å². The van der Waals surface area contributed by atoms with E-state index >= 15 is 0 Å². The first-order chi connectivity index (χ1) is 9.10. The Hall–Kier alpha value is -1.66. The van der Waals surface area contributed by atoms with E-state index < -0.39 is 0 Å². The van der Waals surface area contributed by atoms with Gasteiger partial charge in [0, 0.05) is 10.0 Å². The molecule has 0 saturated carbocycles. The lowest BCUT2D eigenvalue weighted by atomic mass is 10.1. The molecule has 2 rings (SSSR count). The minimum atomic E-state index is -0.250. The van der Waals surface area contributed by atoms with E-state index in [1.807, 2.05) is 18.2 Å². The molecule has 1 saturated heterocycles. The Balaban J connectivity index is 2.35. The zero-order valence-corrected chi connectivity index (χ0v) is 12.3. The average Bonchev–Trinajstić information content (AvgIpc) is 2.67. The Morgan fingerprint density at radius 2 is 2.21 bits per heavy atom. The fourth-order valence-electron chi connectivity index (χ4n) is 1.55. The van der Waals surface area contributed by atoms with Gasteiger partial charge in [-0.3, -0.25) is 10.1 Å². The summed E-state index contributed by atoms with van der Waals surface area (Å²) in [7, 11) is 0. The van der Waals surface area contributed by atoms with Gasteiger partial charge in [0.25, 0.3) is 5.91 Å². The van der Waals surface area contributed by atoms with E-state index in [9.17, 15) is 4.79 Å². The number of rotatable bonds is 4. The molecule has 1 aromatic rings. The normalized spacial score (nSPS) is 16.2. The third kappa shape index (κ3) is 3.42. The Morgan fingerprint density at radius 3 is 2.84 bits per heavy atom. The van der Waals surface area contributed by atoms with Crippen molar-refractivity contribution >= 4 is 45.2 Å². The highest BCUT2D eigenvalue weighted by Gasteiger charge is 2.20. The number of carbonyl (C=O) groups is 1. The minimum absolute atomic E-state index is 0.250. The highest BCUT2D eigenvalue weighted by Crippen LogP contribution is 2.25. The van der Waals surface area contributed by atoms with Crippen LogP contribution in [0.2, 0.25) is 0 Å². The lowest BCUT2D eigenvalue weighted by molar-refractivity contribution is -0.115. The van der Waals surface area contributed by atoms with Crippen LogP contribution >= 0.6 is 28.1 Å². The molecule has 0 unspecified atom stereocenters. The van der Waals surface area contributed by atoms with E-state index in [1.165, 1.54) is 0 Å². The lowest BCUT2D eigenvalue weighted by Gasteiger charge is -2.08. The second-order valence-corrected chi connectivity index (χ2v) is 5.07. The second kappa shape index (κ2) is 5.99. The number of thiocarbonyl (C=S) groups is 1. The molecule has 0 aromatic heterocycles. The van der Waals surface area contributed by atoms with E-state index in [0.29, 0.717) is 23.2 Å². The zero-order valence-electron chi connectivity index (χ0n) is 9.90. The largest absolute Gasteiger partial charge is 0.489 e. The van der Waals surface area contributed by atoms with E-state index in [0.717, 1.165) is 10.0 Å². The Labute approximate surface area is 124 Å². The first-order valence-corrected chi connectivity index (χ1v) is 6.67. The molecule has 19 heavy (non-hydrogen) atoms. The molecular weight excluding hydrogens is 328 g/mol. The molecule has 1 aliphatic rings. The molecule has 4 nitrogen and oxygen atoms in total. The summed E-state index contributed by atoms with van der Waals surface area (Å²) in [5, 5.41) is 5.61. The summed E-state index contributed by atoms with van der Waals surface area (Å²) in [5.41, 5.74) is 1.17. The first-order valence-electron chi connectivity index (χ1n) is 5.47. The molecule has 0 spiro atoms. The van der Waals surface area contributed by atoms with Gasteiger partial charge in [0.05, 0.1) is 0 Å². The molecule has 2 N–H and O–H groups in total. The molecule has 0 bridgehead atoms. The molecule has 98 valence electrons. The number of ether oxygens (including phenoxy) is 1. The Kier molecular flexibility index (Phi) is 4.34. The van der Waals surface area contributed by atoms with E-state index in [2.05, 4.69) is 33.1 Å². The van der Waals surface area contributed by atoms with E-state index in [-0.39, 0.29) is 5.91 Å². The number of hydrogen-bond donors (Lipinski definition) is 2. The monoisotopic (exact) mass is 338 g/mol. The van der Waals surface area contributed by atoms with Crippen molar-refractivity contribution in [3.63, 3.8) is 0 Å². The standard InChI is InChI=1S/C13H11BrN2O2S/c1-2-5-18-11-4-3-9(14)6-8(11)7-10-12(17)16-13(19)15-10/h2-4,6-7H,1,5H2,(H2,15,16,17,19). The second-order valence-electron chi connectivity index (χ2n) is 3.75. The van der Waals surface area contributed by atoms with Gasteiger partial charge in [-0.1, -0.05) is 28.6 Å². The summed E-state index contributed by atoms with van der Waals surface area (Å²) in [6, 6.07) is 5.56. The van der Waals surface area contributed by atoms with Crippen molar-refractivity contribution < 1.29 is 9.53 Å². The van der Waals surface area contributed by atoms with Crippen molar-refractivity contribution in [2.45, 2.75) is 0 Å². The molecule has 1 aliphatic heterocycles. The molecule has 6 heteroatoms. The number of amides is 1. The molecule has 1 fully saturated rings. The van der Waals surface area contributed by atoms with Crippen LogP contribution in [0.1, 0.15) is 5.56 Å². The van der Waals surface area contributed by atoms with Crippen LogP contribution in [-0.2, 0) is 4.79 Å². The smallest absolute Gasteiger partial charge is 0.273 e. The summed E-state index contributed by atoms with van der Waals surface area (Å²) in [6.45, 7) is 4.00. The molecular formula is C13H11BrN2O2S. The highest BCUT2D eigenvalue weighted by molar-refractivity contribution is 9.10. The van der Waals surface area contributed by atoms with Gasteiger partial charge in [0.2, 0.25) is 0 Å². The van der Waals surface area contributed by atoms with Crippen LogP contribution in [0.25, 0.3) is 6.08 Å². The van der Waals surface area contributed by atoms with Crippen LogP contribution in [0.3, 0.4) is 0 Å². The Morgan fingerprint density at radius 1 is 1.42 bits per heavy atom. The molecule has 0 atom stereocenters. The van der Waals surface area contributed by atoms with Gasteiger partial charge in [-0.15, -0.1) is 0 Å². The molecule has 1 heterocycles. The van der Waals surface area contributed by atoms with Crippen molar-refractivity contribution in [3.8, 4) is 5.75 Å². The van der Waals surface area contributed by atoms with E-state index in [4.69, 9.17) is 17.0 Å². The Bertz CT molecular complexity index is 584. The van der Waals surface area contributed by atoms with Crippen molar-refractivity contribution in [2.75, 3.05) is 6.61 Å². The maximum absolute atomic E-state index is 11.6. The topological polar surface area (TPSA) is 50.4 Å². The van der Waals surface area contributed by atoms with Gasteiger partial charge in [-0.25, -0.2) is 0 Å². The molecule has 0 radical (unpaired) electrons. The fourth-order valence-corrected chi connectivity index (χ4v) is 2.13. The van der Waals surface area contributed by atoms with Gasteiger partial charge in [-0.05, 0) is 36.5 Å². The summed E-state index contributed by atoms with van der Waals surface area (Å²) in [5.74, 6) is 0.419. The molecule has 1 aromatic carbocycles. The molecule has 1 amide bonds. The maximum Gasteiger partial charge on any atom is 0.273 e. The van der Waals surface area contributed by atoms with Crippen molar-refractivity contribution in [1.29, 1.82) is 0 Å². The van der Waals surface area contributed by atoms with Gasteiger partial charge in [0.1, 0.15) is 18.1 Å². The zero-order chi connectivity index (χ0) is 13.8. The fraction of sp³-hybridized carbons (Fsp3) is 0.0769. The van der Waals surface area contributed by atoms with Gasteiger partial charge >= 0.3 is 0 Å². The predicted molar refractivity (Wildman–Crippen MR) is 81.7 cm³/mol. The first kappa shape index (κ1) is 13.8. The summed E-state index contributed by atoms with van der Waals surface area (Å²) < 4.78 is 6.43. The van der Waals surface area contributed by atoms with Gasteiger partial charge in [-0.2, -0.15) is 0 Å². The summed E-state index contributed by atoms with van der Waals surface area (Å²) in [6.07, 6.45) is 3.35. The number of nitrogens with one attached hydrogen (secondary N) is 2. The predicted octanol–water partition coefficient (Wildman–Crippen LogP) is 2.36. The SMILES string of the molecule is C=CCOc1ccc(Br)cc1C=C1NC(=S)NC1=O. The number of hydrogen-bond acceptors (Lipinski definition) is 3. The molecule has 0 aliphatic carbocycles. The van der Waals surface area contributed by atoms with Crippen LogP contribution in [0.15, 0.2) is 41.0 Å². The number of halogens is 1. The van der Waals surface area contributed by atoms with Crippen LogP contribution in [0.4, 0.5) is 0 Å². The maximum atomic E-state index is 11.6. The van der Waals surface area contributed by atoms with Crippen molar-refractivity contribution in [1.82, 2.24) is 10.6 Å². The van der Waals surface area contributed by atoms with E-state index in [1.54, 1.807) is 12.2 Å². The van der Waals surface area contributed by atoms with Gasteiger partial charge < -0.3 is 10.1 Å². The van der Waals surface area contributed by atoms with Crippen LogP contribution in [0.5, 0.6) is 5.75 Å². The van der Waals surface area contributed by atoms with Crippen molar-refractivity contribution in [3.05, 3.63) is 46.6 Å². The van der Waals surface area contributed by atoms with Crippen LogP contribution in [-0.4, -0.2) is 17.6 Å². The third-order valence-corrected chi connectivity index (χ3v) is 3.05. The van der Waals surface area contributed by atoms with Crippen LogP contribution in [0, 0.1) is 0 Å². The third-order valence-electron chi connectivity index (χ3n) is 2.35.